The fourth-order valence-corrected chi connectivity index (χ4v) is 4.10. The fraction of sp³-hybridized carbons (Fsp3) is 0.500. The Bertz CT molecular complexity index is 900. The highest BCUT2D eigenvalue weighted by Crippen LogP contribution is 2.12. The molecule has 0 radical (unpaired) electrons. The number of aliphatic imine (C=N–C) groups is 2. The van der Waals surface area contributed by atoms with Gasteiger partial charge in [0.05, 0.1) is 24.0 Å². The summed E-state index contributed by atoms with van der Waals surface area (Å²) in [4.78, 5) is 22.3. The molecule has 0 saturated carbocycles. The first kappa shape index (κ1) is 35.4. The number of aromatic nitrogens is 4. The summed E-state index contributed by atoms with van der Waals surface area (Å²) in [5.41, 5.74) is 4.42. The SMILES string of the molecule is CN=C(NC#N)NCCSCc1nc[nH]c1C.CN=C(NC#N)NCCSCc1nc[nH]c1C.Cl.Cl. The number of imidazole rings is 2. The van der Waals surface area contributed by atoms with Gasteiger partial charge in [0.1, 0.15) is 0 Å². The maximum absolute atomic E-state index is 8.43. The van der Waals surface area contributed by atoms with Crippen LogP contribution < -0.4 is 21.3 Å². The van der Waals surface area contributed by atoms with Gasteiger partial charge in [0, 0.05) is 61.6 Å². The number of rotatable bonds is 10. The Morgan fingerprint density at radius 2 is 1.22 bits per heavy atom. The van der Waals surface area contributed by atoms with E-state index >= 15 is 0 Å². The number of halogens is 2. The largest absolute Gasteiger partial charge is 0.355 e. The molecule has 0 spiro atoms. The Balaban J connectivity index is 0. The van der Waals surface area contributed by atoms with Crippen molar-refractivity contribution in [1.29, 1.82) is 10.5 Å². The molecule has 200 valence electrons. The Kier molecular flexibility index (Phi) is 22.3. The van der Waals surface area contributed by atoms with Crippen molar-refractivity contribution in [3.05, 3.63) is 35.4 Å². The van der Waals surface area contributed by atoms with E-state index in [4.69, 9.17) is 10.5 Å². The lowest BCUT2D eigenvalue weighted by molar-refractivity contribution is 0.930. The number of guanidine groups is 2. The summed E-state index contributed by atoms with van der Waals surface area (Å²) < 4.78 is 0. The van der Waals surface area contributed by atoms with E-state index in [0.29, 0.717) is 11.9 Å². The first-order valence-corrected chi connectivity index (χ1v) is 12.7. The monoisotopic (exact) mass is 576 g/mol. The van der Waals surface area contributed by atoms with Crippen LogP contribution in [0.5, 0.6) is 0 Å². The first-order valence-electron chi connectivity index (χ1n) is 10.4. The number of aromatic amines is 2. The molecule has 0 aliphatic carbocycles. The van der Waals surface area contributed by atoms with Crippen molar-refractivity contribution in [3.8, 4) is 12.4 Å². The molecule has 2 rings (SSSR count). The molecule has 2 heterocycles. The van der Waals surface area contributed by atoms with E-state index in [1.165, 1.54) is 0 Å². The lowest BCUT2D eigenvalue weighted by Gasteiger charge is -2.06. The molecule has 6 N–H and O–H groups in total. The second-order valence-corrected chi connectivity index (χ2v) is 8.74. The van der Waals surface area contributed by atoms with Gasteiger partial charge < -0.3 is 20.6 Å². The van der Waals surface area contributed by atoms with Crippen LogP contribution in [-0.4, -0.2) is 70.5 Å². The molecule has 0 aliphatic heterocycles. The summed E-state index contributed by atoms with van der Waals surface area (Å²) in [6.45, 7) is 5.55. The van der Waals surface area contributed by atoms with Gasteiger partial charge in [0.25, 0.3) is 0 Å². The predicted molar refractivity (Wildman–Crippen MR) is 154 cm³/mol. The zero-order valence-electron chi connectivity index (χ0n) is 20.7. The lowest BCUT2D eigenvalue weighted by atomic mass is 10.4. The van der Waals surface area contributed by atoms with Gasteiger partial charge in [-0.1, -0.05) is 0 Å². The molecule has 0 aliphatic rings. The normalized spacial score (nSPS) is 10.4. The molecule has 0 unspecified atom stereocenters. The summed E-state index contributed by atoms with van der Waals surface area (Å²) in [5, 5.41) is 27.8. The maximum Gasteiger partial charge on any atom is 0.204 e. The molecule has 36 heavy (non-hydrogen) atoms. The van der Waals surface area contributed by atoms with Gasteiger partial charge in [-0.15, -0.1) is 24.8 Å². The van der Waals surface area contributed by atoms with Crippen LogP contribution in [0.15, 0.2) is 22.6 Å². The number of nitriles is 2. The fourth-order valence-electron chi connectivity index (χ4n) is 2.35. The molecule has 0 saturated heterocycles. The number of hydrogen-bond acceptors (Lipinski definition) is 8. The maximum atomic E-state index is 8.43. The summed E-state index contributed by atoms with van der Waals surface area (Å²) in [6.07, 6.45) is 7.07. The zero-order valence-corrected chi connectivity index (χ0v) is 24.0. The van der Waals surface area contributed by atoms with Crippen molar-refractivity contribution in [2.75, 3.05) is 38.7 Å². The molecule has 0 aromatic carbocycles. The molecule has 2 aromatic rings. The third-order valence-electron chi connectivity index (χ3n) is 4.22. The average Bonchev–Trinajstić information content (AvgIpc) is 3.44. The molecule has 0 fully saturated rings. The van der Waals surface area contributed by atoms with Crippen LogP contribution in [0.2, 0.25) is 0 Å². The van der Waals surface area contributed by atoms with E-state index in [0.717, 1.165) is 58.9 Å². The van der Waals surface area contributed by atoms with E-state index in [9.17, 15) is 0 Å². The lowest BCUT2D eigenvalue weighted by Crippen LogP contribution is -2.35. The van der Waals surface area contributed by atoms with Crippen LogP contribution >= 0.6 is 48.3 Å². The number of nitrogens with one attached hydrogen (secondary N) is 6. The molecular weight excluding hydrogens is 543 g/mol. The number of nitrogens with zero attached hydrogens (tertiary/aromatic N) is 6. The van der Waals surface area contributed by atoms with E-state index < -0.39 is 0 Å². The zero-order chi connectivity index (χ0) is 25.0. The first-order chi connectivity index (χ1) is 16.5. The van der Waals surface area contributed by atoms with Crippen molar-refractivity contribution >= 4 is 60.3 Å². The molecule has 16 heteroatoms. The Hall–Kier alpha value is -2.78. The molecule has 12 nitrogen and oxygen atoms in total. The molecule has 0 amide bonds. The Morgan fingerprint density at radius 3 is 1.50 bits per heavy atom. The third-order valence-corrected chi connectivity index (χ3v) is 6.16. The highest BCUT2D eigenvalue weighted by Gasteiger charge is 2.02. The highest BCUT2D eigenvalue weighted by atomic mass is 35.5. The summed E-state index contributed by atoms with van der Waals surface area (Å²) in [5.74, 6) is 4.65. The van der Waals surface area contributed by atoms with Gasteiger partial charge >= 0.3 is 0 Å². The smallest absolute Gasteiger partial charge is 0.204 e. The Labute approximate surface area is 233 Å². The number of thioether (sulfide) groups is 2. The molecule has 0 bridgehead atoms. The van der Waals surface area contributed by atoms with E-state index in [1.807, 2.05) is 26.2 Å². The number of hydrogen-bond donors (Lipinski definition) is 6. The van der Waals surface area contributed by atoms with Crippen LogP contribution in [0.4, 0.5) is 0 Å². The average molecular weight is 578 g/mol. The third kappa shape index (κ3) is 15.3. The van der Waals surface area contributed by atoms with E-state index in [1.54, 1.807) is 50.3 Å². The van der Waals surface area contributed by atoms with Gasteiger partial charge in [0.15, 0.2) is 12.4 Å². The van der Waals surface area contributed by atoms with Crippen molar-refractivity contribution in [1.82, 2.24) is 41.2 Å². The van der Waals surface area contributed by atoms with Crippen molar-refractivity contribution in [2.24, 2.45) is 9.98 Å². The second kappa shape index (κ2) is 22.7. The van der Waals surface area contributed by atoms with Crippen LogP contribution in [0, 0.1) is 36.8 Å². The van der Waals surface area contributed by atoms with E-state index in [-0.39, 0.29) is 24.8 Å². The van der Waals surface area contributed by atoms with Gasteiger partial charge in [-0.05, 0) is 13.8 Å². The topological polar surface area (TPSA) is 178 Å². The van der Waals surface area contributed by atoms with Gasteiger partial charge in [-0.3, -0.25) is 20.6 Å². The van der Waals surface area contributed by atoms with Gasteiger partial charge in [0.2, 0.25) is 11.9 Å². The Morgan fingerprint density at radius 1 is 0.833 bits per heavy atom. The molecular formula is C20H34Cl2N12S2. The van der Waals surface area contributed by atoms with Gasteiger partial charge in [-0.2, -0.15) is 34.0 Å². The van der Waals surface area contributed by atoms with Gasteiger partial charge in [-0.25, -0.2) is 9.97 Å². The number of H-pyrrole nitrogens is 2. The quantitative estimate of drug-likeness (QED) is 0.0805. The molecule has 2 aromatic heterocycles. The summed E-state index contributed by atoms with van der Waals surface area (Å²) >= 11 is 3.57. The number of aryl methyl sites for hydroxylation is 2. The highest BCUT2D eigenvalue weighted by molar-refractivity contribution is 7.98. The van der Waals surface area contributed by atoms with Crippen LogP contribution in [0.1, 0.15) is 22.8 Å². The van der Waals surface area contributed by atoms with Crippen LogP contribution in [-0.2, 0) is 11.5 Å². The van der Waals surface area contributed by atoms with Crippen molar-refractivity contribution in [3.63, 3.8) is 0 Å². The summed E-state index contributed by atoms with van der Waals surface area (Å²) in [7, 11) is 3.26. The minimum absolute atomic E-state index is 0. The van der Waals surface area contributed by atoms with Crippen LogP contribution in [0.3, 0.4) is 0 Å². The van der Waals surface area contributed by atoms with Crippen molar-refractivity contribution in [2.45, 2.75) is 25.4 Å². The molecule has 0 atom stereocenters. The second-order valence-electron chi connectivity index (χ2n) is 6.53. The minimum atomic E-state index is 0. The predicted octanol–water partition coefficient (Wildman–Crippen LogP) is 2.04. The van der Waals surface area contributed by atoms with Crippen LogP contribution in [0.25, 0.3) is 0 Å². The van der Waals surface area contributed by atoms with E-state index in [2.05, 4.69) is 51.2 Å². The summed E-state index contributed by atoms with van der Waals surface area (Å²) in [6, 6.07) is 0. The minimum Gasteiger partial charge on any atom is -0.355 e. The standard InChI is InChI=1S/2C10H16N6S.2ClH/c2*1-8-9(16-7-15-8)5-17-4-3-13-10(12-2)14-6-11;;/h2*7H,3-5H2,1-2H3,(H,15,16)(H2,12,13,14);2*1H. The van der Waals surface area contributed by atoms with Crippen molar-refractivity contribution < 1.29 is 0 Å².